The van der Waals surface area contributed by atoms with Crippen LogP contribution in [0, 0.1) is 0 Å². The molecule has 0 fully saturated rings. The topological polar surface area (TPSA) is 82.3 Å². The number of hydrogen-bond acceptors (Lipinski definition) is 6. The van der Waals surface area contributed by atoms with Crippen molar-refractivity contribution in [3.63, 3.8) is 0 Å². The average Bonchev–Trinajstić information content (AvgIpc) is 2.94. The minimum Gasteiger partial charge on any atom is -0.454 e. The molecule has 2 heterocycles. The van der Waals surface area contributed by atoms with Crippen LogP contribution in [0.25, 0.3) is 11.4 Å². The third-order valence-corrected chi connectivity index (χ3v) is 2.92. The van der Waals surface area contributed by atoms with Crippen LogP contribution in [-0.4, -0.2) is 16.8 Å². The summed E-state index contributed by atoms with van der Waals surface area (Å²) >= 11 is 0. The summed E-state index contributed by atoms with van der Waals surface area (Å²) in [4.78, 5) is 8.84. The molecule has 2 aromatic rings. The van der Waals surface area contributed by atoms with Gasteiger partial charge < -0.3 is 14.9 Å². The molecule has 19 heavy (non-hydrogen) atoms. The van der Waals surface area contributed by atoms with Gasteiger partial charge in [0.25, 0.3) is 0 Å². The highest BCUT2D eigenvalue weighted by Gasteiger charge is 2.15. The number of nitrogens with two attached hydrogens (primary N) is 1. The second kappa shape index (κ2) is 4.74. The second-order valence-corrected chi connectivity index (χ2v) is 4.13. The zero-order valence-corrected chi connectivity index (χ0v) is 10.5. The average molecular weight is 258 g/mol. The second-order valence-electron chi connectivity index (χ2n) is 4.13. The summed E-state index contributed by atoms with van der Waals surface area (Å²) in [5.41, 5.74) is 4.35. The van der Waals surface area contributed by atoms with E-state index in [4.69, 9.17) is 15.3 Å². The Kier molecular flexibility index (Phi) is 2.92. The van der Waals surface area contributed by atoms with Crippen LogP contribution >= 0.6 is 0 Å². The van der Waals surface area contributed by atoms with E-state index in [9.17, 15) is 0 Å². The van der Waals surface area contributed by atoms with Crippen molar-refractivity contribution in [2.45, 2.75) is 13.3 Å². The number of hydrazine groups is 1. The van der Waals surface area contributed by atoms with Gasteiger partial charge in [-0.05, 0) is 24.6 Å². The molecule has 0 radical (unpaired) electrons. The first-order chi connectivity index (χ1) is 9.30. The molecule has 0 saturated heterocycles. The van der Waals surface area contributed by atoms with Gasteiger partial charge in [0.2, 0.25) is 6.79 Å². The maximum atomic E-state index is 5.43. The van der Waals surface area contributed by atoms with E-state index in [1.165, 1.54) is 0 Å². The highest BCUT2D eigenvalue weighted by molar-refractivity contribution is 5.63. The lowest BCUT2D eigenvalue weighted by atomic mass is 10.2. The Hall–Kier alpha value is -2.34. The fourth-order valence-corrected chi connectivity index (χ4v) is 1.92. The monoisotopic (exact) mass is 258 g/mol. The summed E-state index contributed by atoms with van der Waals surface area (Å²) in [5.74, 6) is 8.09. The predicted octanol–water partition coefficient (Wildman–Crippen LogP) is 1.72. The molecule has 0 bridgehead atoms. The first kappa shape index (κ1) is 11.7. The van der Waals surface area contributed by atoms with Crippen LogP contribution < -0.4 is 20.7 Å². The highest BCUT2D eigenvalue weighted by Crippen LogP contribution is 2.35. The van der Waals surface area contributed by atoms with Crippen LogP contribution in [0.3, 0.4) is 0 Å². The number of rotatable bonds is 3. The fraction of sp³-hybridized carbons (Fsp3) is 0.231. The molecule has 6 nitrogen and oxygen atoms in total. The van der Waals surface area contributed by atoms with Gasteiger partial charge in [0, 0.05) is 17.3 Å². The van der Waals surface area contributed by atoms with E-state index in [0.29, 0.717) is 17.4 Å². The smallest absolute Gasteiger partial charge is 0.231 e. The number of ether oxygens (including phenoxy) is 2. The standard InChI is InChI=1S/C13H14N4O2/c1-2-9-6-12(17-14)16-13(15-9)8-3-4-10-11(5-8)19-7-18-10/h3-6H,2,7,14H2,1H3,(H,15,16,17). The van der Waals surface area contributed by atoms with Gasteiger partial charge in [-0.1, -0.05) is 6.92 Å². The summed E-state index contributed by atoms with van der Waals surface area (Å²) in [7, 11) is 0. The maximum Gasteiger partial charge on any atom is 0.231 e. The van der Waals surface area contributed by atoms with Gasteiger partial charge in [-0.2, -0.15) is 0 Å². The molecule has 0 saturated carbocycles. The van der Waals surface area contributed by atoms with Crippen LogP contribution in [0.15, 0.2) is 24.3 Å². The van der Waals surface area contributed by atoms with Gasteiger partial charge in [-0.25, -0.2) is 15.8 Å². The third-order valence-electron chi connectivity index (χ3n) is 2.92. The third kappa shape index (κ3) is 2.17. The van der Waals surface area contributed by atoms with Crippen molar-refractivity contribution in [3.8, 4) is 22.9 Å². The molecule has 3 N–H and O–H groups in total. The van der Waals surface area contributed by atoms with E-state index in [1.807, 2.05) is 31.2 Å². The lowest BCUT2D eigenvalue weighted by molar-refractivity contribution is 0.174. The molecule has 0 amide bonds. The molecule has 0 unspecified atom stereocenters. The van der Waals surface area contributed by atoms with Gasteiger partial charge in [0.15, 0.2) is 17.3 Å². The molecular weight excluding hydrogens is 244 g/mol. The molecular formula is C13H14N4O2. The lowest BCUT2D eigenvalue weighted by Gasteiger charge is -2.07. The zero-order valence-electron chi connectivity index (χ0n) is 10.5. The van der Waals surface area contributed by atoms with Crippen LogP contribution in [0.4, 0.5) is 5.82 Å². The van der Waals surface area contributed by atoms with Gasteiger partial charge >= 0.3 is 0 Å². The predicted molar refractivity (Wildman–Crippen MR) is 70.8 cm³/mol. The van der Waals surface area contributed by atoms with Crippen LogP contribution in [0.2, 0.25) is 0 Å². The van der Waals surface area contributed by atoms with Crippen LogP contribution in [-0.2, 0) is 6.42 Å². The minimum atomic E-state index is 0.254. The molecule has 0 spiro atoms. The zero-order chi connectivity index (χ0) is 13.2. The van der Waals surface area contributed by atoms with Crippen molar-refractivity contribution in [2.24, 2.45) is 5.84 Å². The van der Waals surface area contributed by atoms with E-state index < -0.39 is 0 Å². The molecule has 1 aromatic heterocycles. The van der Waals surface area contributed by atoms with Gasteiger partial charge in [-0.3, -0.25) is 0 Å². The number of hydrogen-bond donors (Lipinski definition) is 2. The van der Waals surface area contributed by atoms with Gasteiger partial charge in [0.05, 0.1) is 0 Å². The van der Waals surface area contributed by atoms with E-state index in [2.05, 4.69) is 15.4 Å². The Bertz CT molecular complexity index is 593. The van der Waals surface area contributed by atoms with Crippen molar-refractivity contribution < 1.29 is 9.47 Å². The molecule has 1 aliphatic heterocycles. The quantitative estimate of drug-likeness (QED) is 0.644. The van der Waals surface area contributed by atoms with E-state index in [0.717, 1.165) is 23.4 Å². The van der Waals surface area contributed by atoms with Crippen LogP contribution in [0.1, 0.15) is 12.6 Å². The number of nitrogen functional groups attached to an aromatic ring is 1. The fourth-order valence-electron chi connectivity index (χ4n) is 1.92. The van der Waals surface area contributed by atoms with Crippen molar-refractivity contribution in [1.29, 1.82) is 0 Å². The summed E-state index contributed by atoms with van der Waals surface area (Å²) in [6.07, 6.45) is 0.814. The first-order valence-electron chi connectivity index (χ1n) is 6.04. The summed E-state index contributed by atoms with van der Waals surface area (Å²) in [6.45, 7) is 2.29. The van der Waals surface area contributed by atoms with E-state index >= 15 is 0 Å². The number of aryl methyl sites for hydroxylation is 1. The molecule has 1 aromatic carbocycles. The number of aromatic nitrogens is 2. The van der Waals surface area contributed by atoms with E-state index in [1.54, 1.807) is 0 Å². The number of anilines is 1. The van der Waals surface area contributed by atoms with Crippen molar-refractivity contribution in [1.82, 2.24) is 9.97 Å². The Morgan fingerprint density at radius 1 is 1.21 bits per heavy atom. The van der Waals surface area contributed by atoms with Gasteiger partial charge in [-0.15, -0.1) is 0 Å². The molecule has 1 aliphatic rings. The van der Waals surface area contributed by atoms with Crippen molar-refractivity contribution in [3.05, 3.63) is 30.0 Å². The Morgan fingerprint density at radius 3 is 2.84 bits per heavy atom. The molecule has 0 atom stereocenters. The normalized spacial score (nSPS) is 12.5. The van der Waals surface area contributed by atoms with Crippen molar-refractivity contribution >= 4 is 5.82 Å². The van der Waals surface area contributed by atoms with Crippen LogP contribution in [0.5, 0.6) is 11.5 Å². The molecule has 3 rings (SSSR count). The van der Waals surface area contributed by atoms with Gasteiger partial charge in [0.1, 0.15) is 5.82 Å². The Morgan fingerprint density at radius 2 is 2.05 bits per heavy atom. The number of nitrogens with zero attached hydrogens (tertiary/aromatic N) is 2. The summed E-state index contributed by atoms with van der Waals surface area (Å²) in [5, 5.41) is 0. The largest absolute Gasteiger partial charge is 0.454 e. The number of fused-ring (bicyclic) bond motifs is 1. The summed E-state index contributed by atoms with van der Waals surface area (Å²) in [6, 6.07) is 7.46. The maximum absolute atomic E-state index is 5.43. The highest BCUT2D eigenvalue weighted by atomic mass is 16.7. The molecule has 6 heteroatoms. The summed E-state index contributed by atoms with van der Waals surface area (Å²) < 4.78 is 10.6. The van der Waals surface area contributed by atoms with E-state index in [-0.39, 0.29) is 6.79 Å². The van der Waals surface area contributed by atoms with Crippen molar-refractivity contribution in [2.75, 3.05) is 12.2 Å². The Labute approximate surface area is 110 Å². The number of benzene rings is 1. The minimum absolute atomic E-state index is 0.254. The number of nitrogens with one attached hydrogen (secondary N) is 1. The Balaban J connectivity index is 2.05. The lowest BCUT2D eigenvalue weighted by Crippen LogP contribution is -2.10. The molecule has 0 aliphatic carbocycles. The molecule has 98 valence electrons. The SMILES string of the molecule is CCc1cc(NN)nc(-c2ccc3c(c2)OCO3)n1. The first-order valence-corrected chi connectivity index (χ1v) is 6.04.